The van der Waals surface area contributed by atoms with Crippen molar-refractivity contribution in [1.29, 1.82) is 0 Å². The summed E-state index contributed by atoms with van der Waals surface area (Å²) >= 11 is 0. The molecule has 1 aliphatic carbocycles. The van der Waals surface area contributed by atoms with Crippen LogP contribution in [-0.4, -0.2) is 5.91 Å². The second-order valence-electron chi connectivity index (χ2n) is 6.12. The molecule has 0 heterocycles. The van der Waals surface area contributed by atoms with Crippen molar-refractivity contribution in [2.75, 3.05) is 5.32 Å². The van der Waals surface area contributed by atoms with Crippen molar-refractivity contribution in [3.63, 3.8) is 0 Å². The summed E-state index contributed by atoms with van der Waals surface area (Å²) in [6.07, 6.45) is 7.50. The molecule has 1 saturated carbocycles. The van der Waals surface area contributed by atoms with Gasteiger partial charge in [0.15, 0.2) is 0 Å². The number of amides is 1. The molecule has 0 aromatic heterocycles. The van der Waals surface area contributed by atoms with Crippen molar-refractivity contribution in [3.05, 3.63) is 77.9 Å². The van der Waals surface area contributed by atoms with Crippen LogP contribution < -0.4 is 5.32 Å². The van der Waals surface area contributed by atoms with Crippen LogP contribution in [0.3, 0.4) is 0 Å². The van der Waals surface area contributed by atoms with Crippen molar-refractivity contribution in [3.8, 4) is 0 Å². The van der Waals surface area contributed by atoms with E-state index in [1.807, 2.05) is 36.4 Å². The third-order valence-corrected chi connectivity index (χ3v) is 4.46. The lowest BCUT2D eigenvalue weighted by atomic mass is 9.82. The first kappa shape index (κ1) is 15.5. The van der Waals surface area contributed by atoms with E-state index in [4.69, 9.17) is 0 Å². The molecule has 118 valence electrons. The molecule has 3 rings (SSSR count). The smallest absolute Gasteiger partial charge is 0.231 e. The Morgan fingerprint density at radius 1 is 1.00 bits per heavy atom. The molecule has 23 heavy (non-hydrogen) atoms. The largest absolute Gasteiger partial charge is 0.326 e. The summed E-state index contributed by atoms with van der Waals surface area (Å²) in [6.45, 7) is 0. The van der Waals surface area contributed by atoms with Gasteiger partial charge >= 0.3 is 0 Å². The van der Waals surface area contributed by atoms with Gasteiger partial charge < -0.3 is 5.32 Å². The van der Waals surface area contributed by atoms with Crippen molar-refractivity contribution in [1.82, 2.24) is 0 Å². The van der Waals surface area contributed by atoms with E-state index >= 15 is 0 Å². The molecule has 0 radical (unpaired) electrons. The summed E-state index contributed by atoms with van der Waals surface area (Å²) in [6, 6.07) is 20.2. The second kappa shape index (κ2) is 7.77. The van der Waals surface area contributed by atoms with E-state index in [1.165, 1.54) is 17.6 Å². The highest BCUT2D eigenvalue weighted by molar-refractivity contribution is 5.94. The van der Waals surface area contributed by atoms with Crippen LogP contribution >= 0.6 is 0 Å². The highest BCUT2D eigenvalue weighted by Gasteiger charge is 2.25. The van der Waals surface area contributed by atoms with Gasteiger partial charge in [-0.3, -0.25) is 4.79 Å². The van der Waals surface area contributed by atoms with Crippen LogP contribution in [-0.2, 0) is 11.2 Å². The van der Waals surface area contributed by atoms with E-state index in [9.17, 15) is 4.79 Å². The molecule has 2 heteroatoms. The van der Waals surface area contributed by atoms with Gasteiger partial charge in [0.2, 0.25) is 5.91 Å². The first-order chi connectivity index (χ1) is 11.3. The zero-order valence-electron chi connectivity index (χ0n) is 13.4. The lowest BCUT2D eigenvalue weighted by Gasteiger charge is -2.25. The summed E-state index contributed by atoms with van der Waals surface area (Å²) in [5.74, 6) is 0.155. The number of hydrogen-bond donors (Lipinski definition) is 1. The Morgan fingerprint density at radius 2 is 1.70 bits per heavy atom. The molecule has 1 atom stereocenters. The van der Waals surface area contributed by atoms with Gasteiger partial charge in [-0.25, -0.2) is 0 Å². The normalized spacial score (nSPS) is 19.5. The Bertz CT molecular complexity index is 661. The van der Waals surface area contributed by atoms with Gasteiger partial charge in [-0.15, -0.1) is 0 Å². The predicted molar refractivity (Wildman–Crippen MR) is 95.3 cm³/mol. The molecule has 1 fully saturated rings. The van der Waals surface area contributed by atoms with Crippen molar-refractivity contribution >= 4 is 11.6 Å². The first-order valence-corrected chi connectivity index (χ1v) is 8.42. The molecular formula is C21H23NO. The zero-order chi connectivity index (χ0) is 15.9. The summed E-state index contributed by atoms with van der Waals surface area (Å²) < 4.78 is 0. The van der Waals surface area contributed by atoms with E-state index in [-0.39, 0.29) is 11.8 Å². The third-order valence-electron chi connectivity index (χ3n) is 4.46. The fraction of sp³-hybridized carbons (Fsp3) is 0.286. The van der Waals surface area contributed by atoms with Gasteiger partial charge in [-0.2, -0.15) is 0 Å². The van der Waals surface area contributed by atoms with E-state index in [2.05, 4.69) is 35.7 Å². The van der Waals surface area contributed by atoms with Gasteiger partial charge in [-0.05, 0) is 43.4 Å². The number of rotatable bonds is 4. The molecule has 0 saturated heterocycles. The molecule has 2 aromatic rings. The highest BCUT2D eigenvalue weighted by atomic mass is 16.1. The summed E-state index contributed by atoms with van der Waals surface area (Å²) in [5, 5.41) is 3.06. The van der Waals surface area contributed by atoms with Crippen LogP contribution in [0.4, 0.5) is 5.69 Å². The van der Waals surface area contributed by atoms with Crippen molar-refractivity contribution in [2.45, 2.75) is 32.1 Å². The fourth-order valence-electron chi connectivity index (χ4n) is 3.19. The van der Waals surface area contributed by atoms with Crippen LogP contribution in [0, 0.1) is 5.92 Å². The van der Waals surface area contributed by atoms with E-state index in [1.54, 1.807) is 0 Å². The summed E-state index contributed by atoms with van der Waals surface area (Å²) in [4.78, 5) is 12.6. The van der Waals surface area contributed by atoms with Crippen LogP contribution in [0.15, 0.2) is 72.3 Å². The Morgan fingerprint density at radius 3 is 2.43 bits per heavy atom. The average molecular weight is 305 g/mol. The number of nitrogens with one attached hydrogen (secondary N) is 1. The average Bonchev–Trinajstić information content (AvgIpc) is 2.62. The van der Waals surface area contributed by atoms with Gasteiger partial charge in [0.05, 0.1) is 5.92 Å². The topological polar surface area (TPSA) is 29.1 Å². The zero-order valence-corrected chi connectivity index (χ0v) is 13.4. The van der Waals surface area contributed by atoms with Crippen LogP contribution in [0.1, 0.15) is 31.2 Å². The third kappa shape index (κ3) is 4.32. The van der Waals surface area contributed by atoms with Gasteiger partial charge in [-0.1, -0.05) is 66.6 Å². The highest BCUT2D eigenvalue weighted by Crippen LogP contribution is 2.30. The molecule has 2 nitrogen and oxygen atoms in total. The summed E-state index contributed by atoms with van der Waals surface area (Å²) in [7, 11) is 0. The Labute approximate surface area is 138 Å². The van der Waals surface area contributed by atoms with Gasteiger partial charge in [0.1, 0.15) is 0 Å². The van der Waals surface area contributed by atoms with E-state index in [0.717, 1.165) is 31.4 Å². The lowest BCUT2D eigenvalue weighted by Crippen LogP contribution is -2.26. The lowest BCUT2D eigenvalue weighted by molar-refractivity contribution is -0.119. The number of allylic oxidation sites excluding steroid dienone is 1. The Balaban J connectivity index is 1.69. The molecule has 0 unspecified atom stereocenters. The number of carbonyl (C=O) groups is 1. The number of anilines is 1. The molecule has 1 amide bonds. The maximum absolute atomic E-state index is 12.6. The van der Waals surface area contributed by atoms with E-state index < -0.39 is 0 Å². The summed E-state index contributed by atoms with van der Waals surface area (Å²) in [5.41, 5.74) is 3.48. The monoisotopic (exact) mass is 305 g/mol. The molecule has 0 spiro atoms. The standard InChI is InChI=1S/C21H23NO/c23-21(22-19-12-5-2-6-13-19)20-14-8-7-11-18(20)16-15-17-9-3-1-4-10-17/h1-6,9-10,12-13,16,20H,7-8,11,14-15H2,(H,22,23)/b18-16+/t20-/m0/s1. The van der Waals surface area contributed by atoms with Crippen molar-refractivity contribution in [2.24, 2.45) is 5.92 Å². The Hall–Kier alpha value is -2.35. The van der Waals surface area contributed by atoms with Crippen LogP contribution in [0.25, 0.3) is 0 Å². The van der Waals surface area contributed by atoms with Gasteiger partial charge in [0, 0.05) is 5.69 Å². The molecule has 1 aliphatic rings. The first-order valence-electron chi connectivity index (χ1n) is 8.42. The number of benzene rings is 2. The minimum atomic E-state index is 0.0210. The SMILES string of the molecule is O=C(Nc1ccccc1)[C@H]1CCCC/C1=C\Cc1ccccc1. The predicted octanol–water partition coefficient (Wildman–Crippen LogP) is 4.98. The maximum Gasteiger partial charge on any atom is 0.231 e. The minimum Gasteiger partial charge on any atom is -0.326 e. The van der Waals surface area contributed by atoms with Crippen LogP contribution in [0.5, 0.6) is 0 Å². The molecule has 1 N–H and O–H groups in total. The quantitative estimate of drug-likeness (QED) is 0.793. The minimum absolute atomic E-state index is 0.0210. The molecule has 0 bridgehead atoms. The number of hydrogen-bond acceptors (Lipinski definition) is 1. The second-order valence-corrected chi connectivity index (χ2v) is 6.12. The maximum atomic E-state index is 12.6. The Kier molecular flexibility index (Phi) is 5.25. The van der Waals surface area contributed by atoms with E-state index in [0.29, 0.717) is 0 Å². The molecule has 0 aliphatic heterocycles. The molecule has 2 aromatic carbocycles. The molecular weight excluding hydrogens is 282 g/mol. The fourth-order valence-corrected chi connectivity index (χ4v) is 3.19. The number of para-hydroxylation sites is 1. The van der Waals surface area contributed by atoms with Gasteiger partial charge in [0.25, 0.3) is 0 Å². The van der Waals surface area contributed by atoms with Crippen LogP contribution in [0.2, 0.25) is 0 Å². The number of carbonyl (C=O) groups excluding carboxylic acids is 1. The van der Waals surface area contributed by atoms with Crippen molar-refractivity contribution < 1.29 is 4.79 Å².